The molecule has 0 aromatic heterocycles. The SMILES string of the molecule is COc1ccc([N+](=O)[O-])cc1OCC(O)c1ccc(Cl)cc1. The van der Waals surface area contributed by atoms with E-state index in [1.165, 1.54) is 25.3 Å². The number of non-ortho nitro benzene ring substituents is 1. The number of hydrogen-bond donors (Lipinski definition) is 1. The zero-order valence-corrected chi connectivity index (χ0v) is 12.5. The van der Waals surface area contributed by atoms with E-state index in [1.54, 1.807) is 24.3 Å². The molecule has 0 amide bonds. The second-order valence-electron chi connectivity index (χ2n) is 4.47. The molecule has 0 aliphatic heterocycles. The highest BCUT2D eigenvalue weighted by molar-refractivity contribution is 6.30. The minimum Gasteiger partial charge on any atom is -0.493 e. The lowest BCUT2D eigenvalue weighted by Gasteiger charge is -2.14. The quantitative estimate of drug-likeness (QED) is 0.651. The average Bonchev–Trinajstić information content (AvgIpc) is 2.52. The molecular weight excluding hydrogens is 310 g/mol. The number of nitro benzene ring substituents is 1. The molecule has 0 fully saturated rings. The molecule has 1 unspecified atom stereocenters. The second kappa shape index (κ2) is 7.11. The Kier molecular flexibility index (Phi) is 5.19. The highest BCUT2D eigenvalue weighted by Crippen LogP contribution is 2.32. The van der Waals surface area contributed by atoms with E-state index in [9.17, 15) is 15.2 Å². The number of methoxy groups -OCH3 is 1. The summed E-state index contributed by atoms with van der Waals surface area (Å²) >= 11 is 5.78. The van der Waals surface area contributed by atoms with Gasteiger partial charge < -0.3 is 14.6 Å². The lowest BCUT2D eigenvalue weighted by molar-refractivity contribution is -0.385. The molecule has 116 valence electrons. The van der Waals surface area contributed by atoms with Crippen LogP contribution >= 0.6 is 11.6 Å². The van der Waals surface area contributed by atoms with E-state index in [1.807, 2.05) is 0 Å². The van der Waals surface area contributed by atoms with E-state index < -0.39 is 11.0 Å². The molecule has 1 atom stereocenters. The molecule has 0 radical (unpaired) electrons. The number of aliphatic hydroxyl groups is 1. The van der Waals surface area contributed by atoms with Gasteiger partial charge >= 0.3 is 0 Å². The van der Waals surface area contributed by atoms with Crippen LogP contribution in [0, 0.1) is 10.1 Å². The third-order valence-electron chi connectivity index (χ3n) is 3.01. The van der Waals surface area contributed by atoms with Crippen LogP contribution < -0.4 is 9.47 Å². The maximum absolute atomic E-state index is 10.8. The van der Waals surface area contributed by atoms with Crippen LogP contribution in [0.2, 0.25) is 5.02 Å². The van der Waals surface area contributed by atoms with Crippen LogP contribution in [0.25, 0.3) is 0 Å². The Morgan fingerprint density at radius 2 is 1.91 bits per heavy atom. The van der Waals surface area contributed by atoms with Gasteiger partial charge in [-0.05, 0) is 23.8 Å². The van der Waals surface area contributed by atoms with Crippen molar-refractivity contribution < 1.29 is 19.5 Å². The minimum atomic E-state index is -0.888. The van der Waals surface area contributed by atoms with Gasteiger partial charge in [0.15, 0.2) is 11.5 Å². The molecule has 0 heterocycles. The second-order valence-corrected chi connectivity index (χ2v) is 4.91. The third-order valence-corrected chi connectivity index (χ3v) is 3.26. The summed E-state index contributed by atoms with van der Waals surface area (Å²) in [5.41, 5.74) is 0.519. The van der Waals surface area contributed by atoms with Gasteiger partial charge in [0.05, 0.1) is 18.1 Å². The largest absolute Gasteiger partial charge is 0.493 e. The first-order chi connectivity index (χ1) is 10.5. The summed E-state index contributed by atoms with van der Waals surface area (Å²) in [5.74, 6) is 0.554. The summed E-state index contributed by atoms with van der Waals surface area (Å²) in [6, 6.07) is 10.7. The van der Waals surface area contributed by atoms with Crippen LogP contribution in [-0.4, -0.2) is 23.7 Å². The summed E-state index contributed by atoms with van der Waals surface area (Å²) in [5, 5.41) is 21.4. The lowest BCUT2D eigenvalue weighted by atomic mass is 10.1. The first-order valence-corrected chi connectivity index (χ1v) is 6.78. The van der Waals surface area contributed by atoms with Crippen molar-refractivity contribution >= 4 is 17.3 Å². The van der Waals surface area contributed by atoms with Crippen molar-refractivity contribution in [1.29, 1.82) is 0 Å². The summed E-state index contributed by atoms with van der Waals surface area (Å²) in [4.78, 5) is 10.3. The smallest absolute Gasteiger partial charge is 0.273 e. The van der Waals surface area contributed by atoms with E-state index in [0.717, 1.165) is 0 Å². The number of benzene rings is 2. The number of nitrogens with zero attached hydrogens (tertiary/aromatic N) is 1. The minimum absolute atomic E-state index is 0.0703. The predicted octanol–water partition coefficient (Wildman–Crippen LogP) is 3.37. The van der Waals surface area contributed by atoms with Gasteiger partial charge in [-0.2, -0.15) is 0 Å². The summed E-state index contributed by atoms with van der Waals surface area (Å²) in [7, 11) is 1.43. The zero-order valence-electron chi connectivity index (χ0n) is 11.7. The molecular formula is C15H14ClNO5. The van der Waals surface area contributed by atoms with Gasteiger partial charge in [-0.1, -0.05) is 23.7 Å². The molecule has 2 aromatic carbocycles. The fraction of sp³-hybridized carbons (Fsp3) is 0.200. The number of halogens is 1. The number of hydrogen-bond acceptors (Lipinski definition) is 5. The molecule has 0 bridgehead atoms. The molecule has 22 heavy (non-hydrogen) atoms. The lowest BCUT2D eigenvalue weighted by Crippen LogP contribution is -2.10. The number of ether oxygens (including phenoxy) is 2. The number of rotatable bonds is 6. The Hall–Kier alpha value is -2.31. The van der Waals surface area contributed by atoms with Crippen molar-refractivity contribution in [2.24, 2.45) is 0 Å². The maximum Gasteiger partial charge on any atom is 0.273 e. The molecule has 0 spiro atoms. The molecule has 2 aromatic rings. The van der Waals surface area contributed by atoms with Gasteiger partial charge in [-0.3, -0.25) is 10.1 Å². The van der Waals surface area contributed by atoms with Crippen LogP contribution in [0.3, 0.4) is 0 Å². The van der Waals surface area contributed by atoms with E-state index in [4.69, 9.17) is 21.1 Å². The topological polar surface area (TPSA) is 81.8 Å². The predicted molar refractivity (Wildman–Crippen MR) is 81.6 cm³/mol. The normalized spacial score (nSPS) is 11.8. The number of aliphatic hydroxyl groups excluding tert-OH is 1. The maximum atomic E-state index is 10.8. The summed E-state index contributed by atoms with van der Waals surface area (Å²) in [6.07, 6.45) is -0.888. The van der Waals surface area contributed by atoms with Crippen LogP contribution in [0.4, 0.5) is 5.69 Å². The summed E-state index contributed by atoms with van der Waals surface area (Å²) < 4.78 is 10.5. The molecule has 0 saturated heterocycles. The summed E-state index contributed by atoms with van der Waals surface area (Å²) in [6.45, 7) is -0.0703. The van der Waals surface area contributed by atoms with Crippen molar-refractivity contribution in [3.63, 3.8) is 0 Å². The van der Waals surface area contributed by atoms with Gasteiger partial charge in [0.25, 0.3) is 5.69 Å². The highest BCUT2D eigenvalue weighted by Gasteiger charge is 2.15. The van der Waals surface area contributed by atoms with Gasteiger partial charge in [0, 0.05) is 11.1 Å². The van der Waals surface area contributed by atoms with Gasteiger partial charge in [0.1, 0.15) is 12.7 Å². The molecule has 0 saturated carbocycles. The van der Waals surface area contributed by atoms with Crippen LogP contribution in [-0.2, 0) is 0 Å². The van der Waals surface area contributed by atoms with Crippen molar-refractivity contribution in [3.05, 3.63) is 63.2 Å². The fourth-order valence-electron chi connectivity index (χ4n) is 1.84. The van der Waals surface area contributed by atoms with E-state index >= 15 is 0 Å². The Balaban J connectivity index is 2.11. The van der Waals surface area contributed by atoms with Gasteiger partial charge in [0.2, 0.25) is 0 Å². The monoisotopic (exact) mass is 323 g/mol. The van der Waals surface area contributed by atoms with Crippen molar-refractivity contribution in [3.8, 4) is 11.5 Å². The molecule has 0 aliphatic carbocycles. The molecule has 6 nitrogen and oxygen atoms in total. The average molecular weight is 324 g/mol. The van der Waals surface area contributed by atoms with Crippen LogP contribution in [0.5, 0.6) is 11.5 Å². The Morgan fingerprint density at radius 1 is 1.23 bits per heavy atom. The molecule has 1 N–H and O–H groups in total. The molecule has 7 heteroatoms. The molecule has 2 rings (SSSR count). The Morgan fingerprint density at radius 3 is 2.50 bits per heavy atom. The van der Waals surface area contributed by atoms with E-state index in [0.29, 0.717) is 16.3 Å². The third kappa shape index (κ3) is 3.87. The van der Waals surface area contributed by atoms with Gasteiger partial charge in [-0.15, -0.1) is 0 Å². The number of nitro groups is 1. The fourth-order valence-corrected chi connectivity index (χ4v) is 1.97. The Labute approximate surface area is 132 Å². The highest BCUT2D eigenvalue weighted by atomic mass is 35.5. The first kappa shape index (κ1) is 16.1. The van der Waals surface area contributed by atoms with Crippen molar-refractivity contribution in [2.45, 2.75) is 6.10 Å². The zero-order chi connectivity index (χ0) is 16.1. The Bertz CT molecular complexity index is 659. The van der Waals surface area contributed by atoms with Crippen LogP contribution in [0.15, 0.2) is 42.5 Å². The van der Waals surface area contributed by atoms with E-state index in [2.05, 4.69) is 0 Å². The standard InChI is InChI=1S/C15H14ClNO5/c1-21-14-7-6-12(17(19)20)8-15(14)22-9-13(18)10-2-4-11(16)5-3-10/h2-8,13,18H,9H2,1H3. The van der Waals surface area contributed by atoms with Crippen LogP contribution in [0.1, 0.15) is 11.7 Å². The van der Waals surface area contributed by atoms with Gasteiger partial charge in [-0.25, -0.2) is 0 Å². The molecule has 0 aliphatic rings. The van der Waals surface area contributed by atoms with E-state index in [-0.39, 0.29) is 18.0 Å². The first-order valence-electron chi connectivity index (χ1n) is 6.40. The van der Waals surface area contributed by atoms with Crippen molar-refractivity contribution in [2.75, 3.05) is 13.7 Å². The van der Waals surface area contributed by atoms with Crippen molar-refractivity contribution in [1.82, 2.24) is 0 Å².